The van der Waals surface area contributed by atoms with Gasteiger partial charge in [-0.15, -0.1) is 0 Å². The van der Waals surface area contributed by atoms with Crippen LogP contribution in [0.25, 0.3) is 6.08 Å². The maximum Gasteiger partial charge on any atom is 0.328 e. The van der Waals surface area contributed by atoms with Crippen molar-refractivity contribution in [1.29, 1.82) is 0 Å². The number of rotatable bonds is 6. The summed E-state index contributed by atoms with van der Waals surface area (Å²) in [5.74, 6) is -1.50. The predicted molar refractivity (Wildman–Crippen MR) is 76.6 cm³/mol. The molecule has 0 saturated heterocycles. The summed E-state index contributed by atoms with van der Waals surface area (Å²) in [6.45, 7) is 0.339. The summed E-state index contributed by atoms with van der Waals surface area (Å²) in [5, 5.41) is 12.6. The third kappa shape index (κ3) is 3.93. The SMILES string of the molecule is O=C(O)/C=C/c1cccc(F)c1OCCc1ccsc1. The molecule has 20 heavy (non-hydrogen) atoms. The molecule has 3 nitrogen and oxygen atoms in total. The second-order valence-corrected chi connectivity index (χ2v) is 4.84. The van der Waals surface area contributed by atoms with E-state index in [0.29, 0.717) is 18.6 Å². The average Bonchev–Trinajstić information content (AvgIpc) is 2.92. The van der Waals surface area contributed by atoms with E-state index in [4.69, 9.17) is 9.84 Å². The van der Waals surface area contributed by atoms with Crippen LogP contribution >= 0.6 is 11.3 Å². The van der Waals surface area contributed by atoms with Gasteiger partial charge in [-0.2, -0.15) is 11.3 Å². The van der Waals surface area contributed by atoms with Crippen LogP contribution in [0.1, 0.15) is 11.1 Å². The summed E-state index contributed by atoms with van der Waals surface area (Å²) in [4.78, 5) is 10.5. The lowest BCUT2D eigenvalue weighted by molar-refractivity contribution is -0.131. The fourth-order valence-electron chi connectivity index (χ4n) is 1.68. The molecule has 1 aromatic carbocycles. The Bertz CT molecular complexity index is 606. The molecule has 0 aliphatic carbocycles. The van der Waals surface area contributed by atoms with E-state index in [1.54, 1.807) is 17.4 Å². The van der Waals surface area contributed by atoms with Gasteiger partial charge in [-0.3, -0.25) is 0 Å². The number of aliphatic carboxylic acids is 1. The van der Waals surface area contributed by atoms with Crippen LogP contribution in [0, 0.1) is 5.82 Å². The van der Waals surface area contributed by atoms with Gasteiger partial charge in [0.2, 0.25) is 0 Å². The second kappa shape index (κ2) is 6.86. The van der Waals surface area contributed by atoms with Crippen LogP contribution < -0.4 is 4.74 Å². The maximum absolute atomic E-state index is 13.7. The van der Waals surface area contributed by atoms with E-state index in [2.05, 4.69) is 0 Å². The molecule has 5 heteroatoms. The molecule has 0 radical (unpaired) electrons. The highest BCUT2D eigenvalue weighted by Gasteiger charge is 2.08. The zero-order valence-electron chi connectivity index (χ0n) is 10.6. The summed E-state index contributed by atoms with van der Waals surface area (Å²) in [6, 6.07) is 6.41. The van der Waals surface area contributed by atoms with Gasteiger partial charge in [-0.1, -0.05) is 12.1 Å². The number of hydrogen-bond acceptors (Lipinski definition) is 3. The Morgan fingerprint density at radius 3 is 2.95 bits per heavy atom. The number of carboxylic acids is 1. The van der Waals surface area contributed by atoms with E-state index in [9.17, 15) is 9.18 Å². The fourth-order valence-corrected chi connectivity index (χ4v) is 2.38. The molecule has 104 valence electrons. The first-order chi connectivity index (χ1) is 9.66. The Balaban J connectivity index is 2.07. The molecule has 0 aliphatic heterocycles. The van der Waals surface area contributed by atoms with Gasteiger partial charge in [0.15, 0.2) is 11.6 Å². The van der Waals surface area contributed by atoms with Gasteiger partial charge in [-0.05, 0) is 34.5 Å². The molecule has 0 spiro atoms. The lowest BCUT2D eigenvalue weighted by Gasteiger charge is -2.09. The lowest BCUT2D eigenvalue weighted by Crippen LogP contribution is -2.03. The van der Waals surface area contributed by atoms with E-state index >= 15 is 0 Å². The molecule has 0 fully saturated rings. The van der Waals surface area contributed by atoms with Gasteiger partial charge in [0, 0.05) is 18.1 Å². The quantitative estimate of drug-likeness (QED) is 0.827. The highest BCUT2D eigenvalue weighted by atomic mass is 32.1. The van der Waals surface area contributed by atoms with Gasteiger partial charge in [0.25, 0.3) is 0 Å². The van der Waals surface area contributed by atoms with Crippen molar-refractivity contribution in [1.82, 2.24) is 0 Å². The molecule has 0 unspecified atom stereocenters. The zero-order chi connectivity index (χ0) is 14.4. The first-order valence-electron chi connectivity index (χ1n) is 6.00. The average molecular weight is 292 g/mol. The smallest absolute Gasteiger partial charge is 0.328 e. The number of thiophene rings is 1. The summed E-state index contributed by atoms with van der Waals surface area (Å²) in [6.07, 6.45) is 2.96. The molecule has 0 atom stereocenters. The van der Waals surface area contributed by atoms with Gasteiger partial charge >= 0.3 is 5.97 Å². The zero-order valence-corrected chi connectivity index (χ0v) is 11.4. The number of carboxylic acid groups (broad SMARTS) is 1. The van der Waals surface area contributed by atoms with Crippen molar-refractivity contribution < 1.29 is 19.0 Å². The number of carbonyl (C=O) groups is 1. The Morgan fingerprint density at radius 1 is 1.40 bits per heavy atom. The van der Waals surface area contributed by atoms with Crippen molar-refractivity contribution in [2.75, 3.05) is 6.61 Å². The standard InChI is InChI=1S/C15H13FO3S/c16-13-3-1-2-12(4-5-14(17)18)15(13)19-8-6-11-7-9-20-10-11/h1-5,7,9-10H,6,8H2,(H,17,18)/b5-4+. The van der Waals surface area contributed by atoms with Gasteiger partial charge in [-0.25, -0.2) is 9.18 Å². The molecule has 0 saturated carbocycles. The molecule has 2 aromatic rings. The van der Waals surface area contributed by atoms with E-state index in [1.165, 1.54) is 18.2 Å². The Kier molecular flexibility index (Phi) is 4.90. The topological polar surface area (TPSA) is 46.5 Å². The van der Waals surface area contributed by atoms with Crippen LogP contribution in [-0.4, -0.2) is 17.7 Å². The molecular formula is C15H13FO3S. The summed E-state index contributed by atoms with van der Waals surface area (Å²) in [7, 11) is 0. The number of para-hydroxylation sites is 1. The van der Waals surface area contributed by atoms with Crippen molar-refractivity contribution in [3.8, 4) is 5.75 Å². The van der Waals surface area contributed by atoms with E-state index in [0.717, 1.165) is 11.6 Å². The normalized spacial score (nSPS) is 10.8. The minimum Gasteiger partial charge on any atom is -0.490 e. The van der Waals surface area contributed by atoms with Crippen LogP contribution in [0.5, 0.6) is 5.75 Å². The molecule has 0 aliphatic rings. The van der Waals surface area contributed by atoms with Crippen molar-refractivity contribution in [3.63, 3.8) is 0 Å². The van der Waals surface area contributed by atoms with Crippen molar-refractivity contribution >= 4 is 23.4 Å². The van der Waals surface area contributed by atoms with Gasteiger partial charge in [0.1, 0.15) is 0 Å². The Hall–Kier alpha value is -2.14. The Morgan fingerprint density at radius 2 is 2.25 bits per heavy atom. The van der Waals surface area contributed by atoms with Crippen molar-refractivity contribution in [3.05, 3.63) is 58.0 Å². The summed E-state index contributed by atoms with van der Waals surface area (Å²) >= 11 is 1.60. The lowest BCUT2D eigenvalue weighted by atomic mass is 10.1. The number of halogens is 1. The number of ether oxygens (including phenoxy) is 1. The van der Waals surface area contributed by atoms with Crippen LogP contribution in [0.4, 0.5) is 4.39 Å². The minimum absolute atomic E-state index is 0.0835. The highest BCUT2D eigenvalue weighted by Crippen LogP contribution is 2.24. The first-order valence-corrected chi connectivity index (χ1v) is 6.94. The first kappa shape index (κ1) is 14.3. The number of benzene rings is 1. The molecule has 1 heterocycles. The van der Waals surface area contributed by atoms with Crippen molar-refractivity contribution in [2.24, 2.45) is 0 Å². The third-order valence-corrected chi connectivity index (χ3v) is 3.35. The van der Waals surface area contributed by atoms with Crippen LogP contribution in [0.2, 0.25) is 0 Å². The van der Waals surface area contributed by atoms with Crippen LogP contribution in [0.15, 0.2) is 41.1 Å². The second-order valence-electron chi connectivity index (χ2n) is 4.06. The van der Waals surface area contributed by atoms with E-state index in [-0.39, 0.29) is 5.75 Å². The van der Waals surface area contributed by atoms with Gasteiger partial charge < -0.3 is 9.84 Å². The molecular weight excluding hydrogens is 279 g/mol. The summed E-state index contributed by atoms with van der Waals surface area (Å²) < 4.78 is 19.2. The van der Waals surface area contributed by atoms with E-state index < -0.39 is 11.8 Å². The summed E-state index contributed by atoms with van der Waals surface area (Å²) in [5.41, 5.74) is 1.55. The Labute approximate surface area is 119 Å². The van der Waals surface area contributed by atoms with Crippen LogP contribution in [-0.2, 0) is 11.2 Å². The molecule has 0 bridgehead atoms. The van der Waals surface area contributed by atoms with Gasteiger partial charge in [0.05, 0.1) is 6.61 Å². The van der Waals surface area contributed by atoms with Crippen LogP contribution in [0.3, 0.4) is 0 Å². The predicted octanol–water partition coefficient (Wildman–Crippen LogP) is 3.61. The monoisotopic (exact) mass is 292 g/mol. The number of hydrogen-bond donors (Lipinski definition) is 1. The molecule has 0 amide bonds. The van der Waals surface area contributed by atoms with E-state index in [1.807, 2.05) is 16.8 Å². The largest absolute Gasteiger partial charge is 0.490 e. The van der Waals surface area contributed by atoms with Crippen molar-refractivity contribution in [2.45, 2.75) is 6.42 Å². The third-order valence-electron chi connectivity index (χ3n) is 2.62. The fraction of sp³-hybridized carbons (Fsp3) is 0.133. The highest BCUT2D eigenvalue weighted by molar-refractivity contribution is 7.07. The maximum atomic E-state index is 13.7. The minimum atomic E-state index is -1.08. The molecule has 2 rings (SSSR count). The molecule has 1 N–H and O–H groups in total. The molecule has 1 aromatic heterocycles.